The van der Waals surface area contributed by atoms with Crippen LogP contribution in [0.25, 0.3) is 0 Å². The van der Waals surface area contributed by atoms with Crippen LogP contribution in [0.1, 0.15) is 30.3 Å². The minimum Gasteiger partial charge on any atom is -0.463 e. The van der Waals surface area contributed by atoms with Crippen LogP contribution in [0.5, 0.6) is 0 Å². The Labute approximate surface area is 122 Å². The Kier molecular flexibility index (Phi) is 3.63. The first-order valence-corrected chi connectivity index (χ1v) is 7.36. The zero-order valence-electron chi connectivity index (χ0n) is 13.9. The molecule has 0 N–H and O–H groups in total. The molecule has 0 saturated carbocycles. The van der Waals surface area contributed by atoms with E-state index in [0.29, 0.717) is 0 Å². The number of nitrogens with zero attached hydrogens (tertiary/aromatic N) is 2. The van der Waals surface area contributed by atoms with Gasteiger partial charge in [-0.3, -0.25) is 9.69 Å². The third-order valence-electron chi connectivity index (χ3n) is 3.13. The van der Waals surface area contributed by atoms with E-state index >= 15 is 0 Å². The maximum Gasteiger partial charge on any atom is 0.333 e. The fourth-order valence-corrected chi connectivity index (χ4v) is 3.36. The van der Waals surface area contributed by atoms with E-state index in [1.165, 1.54) is 0 Å². The van der Waals surface area contributed by atoms with Crippen LogP contribution in [-0.4, -0.2) is 53.7 Å². The lowest BCUT2D eigenvalue weighted by molar-refractivity contribution is -0.137. The third kappa shape index (κ3) is 3.30. The zero-order chi connectivity index (χ0) is 16.3. The second-order valence-electron chi connectivity index (χ2n) is 4.48. The molecule has 0 bridgehead atoms. The van der Waals surface area contributed by atoms with Crippen LogP contribution < -0.4 is 0 Å². The Balaban J connectivity index is 2.23. The van der Waals surface area contributed by atoms with Gasteiger partial charge in [-0.1, -0.05) is 18.2 Å². The highest BCUT2D eigenvalue weighted by Gasteiger charge is 2.39. The van der Waals surface area contributed by atoms with Gasteiger partial charge in [-0.05, 0) is 32.9 Å². The van der Waals surface area contributed by atoms with Crippen LogP contribution in [0.15, 0.2) is 11.1 Å². The number of carbonyl (C=O) groups excluding carboxylic acids is 2. The van der Waals surface area contributed by atoms with Crippen LogP contribution >= 0.6 is 11.8 Å². The molecule has 0 radical (unpaired) electrons. The third-order valence-corrected chi connectivity index (χ3v) is 4.40. The van der Waals surface area contributed by atoms with Gasteiger partial charge < -0.3 is 9.64 Å². The molecule has 2 saturated heterocycles. The lowest BCUT2D eigenvalue weighted by atomic mass is 10.1. The molecule has 0 spiro atoms. The molecule has 0 aromatic carbocycles. The van der Waals surface area contributed by atoms with Crippen molar-refractivity contribution in [3.63, 3.8) is 0 Å². The molecule has 5 nitrogen and oxygen atoms in total. The quantitative estimate of drug-likeness (QED) is 0.580. The predicted octanol–water partition coefficient (Wildman–Crippen LogP) is 1.41. The first kappa shape index (κ1) is 10.7. The molecule has 0 aromatic heterocycles. The SMILES string of the molecule is [2H]C([2H])([2H])N1C(=O)C(N2CCCCC2)S/C1=C\C(=O)OCC. The second-order valence-corrected chi connectivity index (χ2v) is 5.58. The summed E-state index contributed by atoms with van der Waals surface area (Å²) in [6.45, 7) is 0.800. The van der Waals surface area contributed by atoms with E-state index in [1.807, 2.05) is 4.90 Å². The smallest absolute Gasteiger partial charge is 0.333 e. The molecule has 0 aliphatic carbocycles. The van der Waals surface area contributed by atoms with Gasteiger partial charge in [-0.2, -0.15) is 0 Å². The van der Waals surface area contributed by atoms with Crippen molar-refractivity contribution in [2.45, 2.75) is 31.6 Å². The summed E-state index contributed by atoms with van der Waals surface area (Å²) in [6.07, 6.45) is 4.21. The molecule has 0 aromatic rings. The van der Waals surface area contributed by atoms with E-state index in [1.54, 1.807) is 6.92 Å². The fraction of sp³-hybridized carbons (Fsp3) is 0.692. The van der Waals surface area contributed by atoms with Crippen LogP contribution in [0.2, 0.25) is 0 Å². The largest absolute Gasteiger partial charge is 0.463 e. The highest BCUT2D eigenvalue weighted by Crippen LogP contribution is 2.36. The normalized spacial score (nSPS) is 30.1. The van der Waals surface area contributed by atoms with Gasteiger partial charge in [-0.15, -0.1) is 0 Å². The first-order chi connectivity index (χ1) is 10.3. The number of piperidine rings is 1. The van der Waals surface area contributed by atoms with E-state index in [-0.39, 0.29) is 11.6 Å². The molecule has 1 atom stereocenters. The Morgan fingerprint density at radius 3 is 2.89 bits per heavy atom. The van der Waals surface area contributed by atoms with Crippen molar-refractivity contribution in [1.29, 1.82) is 0 Å². The van der Waals surface area contributed by atoms with Gasteiger partial charge in [0.15, 0.2) is 0 Å². The van der Waals surface area contributed by atoms with Gasteiger partial charge in [0, 0.05) is 11.1 Å². The Morgan fingerprint density at radius 2 is 2.26 bits per heavy atom. The van der Waals surface area contributed by atoms with Crippen LogP contribution in [0.4, 0.5) is 0 Å². The van der Waals surface area contributed by atoms with Gasteiger partial charge in [0.2, 0.25) is 0 Å². The van der Waals surface area contributed by atoms with E-state index < -0.39 is 24.2 Å². The van der Waals surface area contributed by atoms with Gasteiger partial charge in [-0.25, -0.2) is 4.79 Å². The highest BCUT2D eigenvalue weighted by molar-refractivity contribution is 8.04. The molecule has 2 heterocycles. The number of esters is 1. The summed E-state index contributed by atoms with van der Waals surface area (Å²) in [5.41, 5.74) is 0. The summed E-state index contributed by atoms with van der Waals surface area (Å²) in [5, 5.41) is -0.430. The molecule has 2 aliphatic heterocycles. The molecule has 2 aliphatic rings. The van der Waals surface area contributed by atoms with Gasteiger partial charge in [0.05, 0.1) is 17.7 Å². The van der Waals surface area contributed by atoms with Crippen molar-refractivity contribution in [3.05, 3.63) is 11.1 Å². The highest BCUT2D eigenvalue weighted by atomic mass is 32.2. The van der Waals surface area contributed by atoms with Gasteiger partial charge in [0.1, 0.15) is 5.37 Å². The van der Waals surface area contributed by atoms with Gasteiger partial charge >= 0.3 is 5.97 Å². The summed E-state index contributed by atoms with van der Waals surface area (Å²) in [4.78, 5) is 26.9. The minimum atomic E-state index is -2.60. The molecule has 19 heavy (non-hydrogen) atoms. The monoisotopic (exact) mass is 287 g/mol. The maximum atomic E-state index is 12.5. The molecule has 6 heteroatoms. The number of ether oxygens (including phenoxy) is 1. The van der Waals surface area contributed by atoms with Crippen LogP contribution in [-0.2, 0) is 14.3 Å². The fourth-order valence-electron chi connectivity index (χ4n) is 2.20. The molecule has 2 fully saturated rings. The summed E-state index contributed by atoms with van der Waals surface area (Å²) >= 11 is 1.12. The number of carbonyl (C=O) groups is 2. The summed E-state index contributed by atoms with van der Waals surface area (Å²) < 4.78 is 27.5. The summed E-state index contributed by atoms with van der Waals surface area (Å²) in [5.74, 6) is -1.12. The lowest BCUT2D eigenvalue weighted by Gasteiger charge is -2.29. The molecule has 1 amide bonds. The number of thioether (sulfide) groups is 1. The van der Waals surface area contributed by atoms with Crippen molar-refractivity contribution < 1.29 is 18.4 Å². The Bertz CT molecular complexity index is 476. The number of hydrogen-bond acceptors (Lipinski definition) is 5. The lowest BCUT2D eigenvalue weighted by Crippen LogP contribution is -2.42. The molecule has 2 rings (SSSR count). The van der Waals surface area contributed by atoms with Crippen molar-refractivity contribution in [1.82, 2.24) is 9.80 Å². The Hall–Kier alpha value is -1.01. The van der Waals surface area contributed by atoms with Crippen molar-refractivity contribution in [3.8, 4) is 0 Å². The first-order valence-electron chi connectivity index (χ1n) is 7.98. The molecule has 1 unspecified atom stereocenters. The summed E-state index contributed by atoms with van der Waals surface area (Å²) in [6, 6.07) is 0. The Morgan fingerprint density at radius 1 is 1.53 bits per heavy atom. The van der Waals surface area contributed by atoms with E-state index in [9.17, 15) is 9.59 Å². The van der Waals surface area contributed by atoms with Gasteiger partial charge in [0.25, 0.3) is 5.91 Å². The van der Waals surface area contributed by atoms with E-state index in [4.69, 9.17) is 8.85 Å². The standard InChI is InChI=1S/C13H20N2O3S/c1-3-18-11(16)9-10-14(2)12(17)13(19-10)15-7-5-4-6-8-15/h9,13H,3-8H2,1-2H3/b10-9-/i2D3. The molecule has 106 valence electrons. The topological polar surface area (TPSA) is 49.9 Å². The average Bonchev–Trinajstić information content (AvgIpc) is 2.76. The summed E-state index contributed by atoms with van der Waals surface area (Å²) in [7, 11) is 0. The van der Waals surface area contributed by atoms with Crippen LogP contribution in [0, 0.1) is 0 Å². The van der Waals surface area contributed by atoms with E-state index in [0.717, 1.165) is 55.1 Å². The van der Waals surface area contributed by atoms with Crippen molar-refractivity contribution in [2.24, 2.45) is 0 Å². The number of hydrogen-bond donors (Lipinski definition) is 0. The minimum absolute atomic E-state index is 0.138. The molecular formula is C13H20N2O3S. The average molecular weight is 287 g/mol. The number of rotatable bonds is 3. The zero-order valence-corrected chi connectivity index (χ0v) is 11.7. The van der Waals surface area contributed by atoms with Crippen LogP contribution in [0.3, 0.4) is 0 Å². The van der Waals surface area contributed by atoms with Crippen molar-refractivity contribution in [2.75, 3.05) is 26.7 Å². The second kappa shape index (κ2) is 6.43. The number of likely N-dealkylation sites (tertiary alicyclic amines) is 1. The maximum absolute atomic E-state index is 12.5. The van der Waals surface area contributed by atoms with E-state index in [2.05, 4.69) is 0 Å². The molecular weight excluding hydrogens is 264 g/mol. The predicted molar refractivity (Wildman–Crippen MR) is 74.3 cm³/mol. The van der Waals surface area contributed by atoms with Crippen molar-refractivity contribution >= 4 is 23.6 Å². The number of likely N-dealkylation sites (N-methyl/N-ethyl adjacent to an activating group) is 1. The number of amides is 1.